The summed E-state index contributed by atoms with van der Waals surface area (Å²) < 4.78 is 5.17. The van der Waals surface area contributed by atoms with Gasteiger partial charge < -0.3 is 9.84 Å². The number of carbonyl (C=O) groups excluding carboxylic acids is 1. The Morgan fingerprint density at radius 3 is 2.73 bits per heavy atom. The summed E-state index contributed by atoms with van der Waals surface area (Å²) in [6.45, 7) is 2.16. The van der Waals surface area contributed by atoms with Crippen LogP contribution in [0.3, 0.4) is 0 Å². The fourth-order valence-corrected chi connectivity index (χ4v) is 2.02. The monoisotopic (exact) mass is 294 g/mol. The number of benzene rings is 1. The van der Waals surface area contributed by atoms with E-state index in [0.29, 0.717) is 17.3 Å². The lowest BCUT2D eigenvalue weighted by Gasteiger charge is -2.01. The predicted molar refractivity (Wildman–Crippen MR) is 79.9 cm³/mol. The van der Waals surface area contributed by atoms with Gasteiger partial charge in [0.25, 0.3) is 5.91 Å². The number of aromatic nitrogens is 3. The van der Waals surface area contributed by atoms with Crippen molar-refractivity contribution in [2.24, 2.45) is 0 Å². The van der Waals surface area contributed by atoms with E-state index in [4.69, 9.17) is 4.52 Å². The molecule has 0 bridgehead atoms. The van der Waals surface area contributed by atoms with Crippen molar-refractivity contribution in [3.8, 4) is 11.4 Å². The van der Waals surface area contributed by atoms with Crippen LogP contribution in [0, 0.1) is 6.92 Å². The average molecular weight is 294 g/mol. The van der Waals surface area contributed by atoms with Gasteiger partial charge in [-0.3, -0.25) is 9.78 Å². The fourth-order valence-electron chi connectivity index (χ4n) is 2.02. The van der Waals surface area contributed by atoms with Gasteiger partial charge in [0.2, 0.25) is 11.7 Å². The zero-order valence-corrected chi connectivity index (χ0v) is 12.0. The predicted octanol–water partition coefficient (Wildman–Crippen LogP) is 2.37. The lowest BCUT2D eigenvalue weighted by atomic mass is 10.1. The van der Waals surface area contributed by atoms with Crippen LogP contribution in [-0.4, -0.2) is 21.0 Å². The molecule has 0 radical (unpaired) electrons. The van der Waals surface area contributed by atoms with Gasteiger partial charge in [-0.1, -0.05) is 29.4 Å². The fraction of sp³-hybridized carbons (Fsp3) is 0.125. The lowest BCUT2D eigenvalue weighted by Crippen LogP contribution is -2.22. The van der Waals surface area contributed by atoms with Gasteiger partial charge in [0, 0.05) is 23.5 Å². The molecule has 1 amide bonds. The van der Waals surface area contributed by atoms with Crippen LogP contribution in [0.2, 0.25) is 0 Å². The van der Waals surface area contributed by atoms with Gasteiger partial charge in [-0.2, -0.15) is 4.98 Å². The largest absolute Gasteiger partial charge is 0.343 e. The first-order chi connectivity index (χ1) is 10.7. The maximum atomic E-state index is 11.9. The Hall–Kier alpha value is -3.02. The van der Waals surface area contributed by atoms with E-state index < -0.39 is 0 Å². The highest BCUT2D eigenvalue weighted by molar-refractivity contribution is 5.93. The van der Waals surface area contributed by atoms with Crippen molar-refractivity contribution in [2.75, 3.05) is 0 Å². The minimum atomic E-state index is -0.210. The number of carbonyl (C=O) groups is 1. The summed E-state index contributed by atoms with van der Waals surface area (Å²) >= 11 is 0. The Bertz CT molecular complexity index is 784. The van der Waals surface area contributed by atoms with E-state index in [1.54, 1.807) is 24.5 Å². The van der Waals surface area contributed by atoms with Gasteiger partial charge in [-0.05, 0) is 24.6 Å². The summed E-state index contributed by atoms with van der Waals surface area (Å²) in [5, 5.41) is 6.68. The molecule has 22 heavy (non-hydrogen) atoms. The number of amides is 1. The second-order valence-electron chi connectivity index (χ2n) is 4.75. The van der Waals surface area contributed by atoms with E-state index in [1.165, 1.54) is 0 Å². The highest BCUT2D eigenvalue weighted by Gasteiger charge is 2.12. The molecule has 0 saturated heterocycles. The number of aryl methyl sites for hydroxylation is 1. The molecule has 0 fully saturated rings. The SMILES string of the molecule is Cc1ccccc1-c1noc(CNC(=O)c2ccncc2)n1. The highest BCUT2D eigenvalue weighted by atomic mass is 16.5. The Morgan fingerprint density at radius 1 is 1.18 bits per heavy atom. The maximum Gasteiger partial charge on any atom is 0.251 e. The third-order valence-electron chi connectivity index (χ3n) is 3.20. The van der Waals surface area contributed by atoms with E-state index in [9.17, 15) is 4.79 Å². The quantitative estimate of drug-likeness (QED) is 0.799. The summed E-state index contributed by atoms with van der Waals surface area (Å²) in [6, 6.07) is 11.1. The number of pyridine rings is 1. The van der Waals surface area contributed by atoms with Crippen LogP contribution < -0.4 is 5.32 Å². The van der Waals surface area contributed by atoms with Gasteiger partial charge in [-0.25, -0.2) is 0 Å². The number of nitrogens with zero attached hydrogens (tertiary/aromatic N) is 3. The van der Waals surface area contributed by atoms with Crippen molar-refractivity contribution < 1.29 is 9.32 Å². The molecule has 0 aliphatic heterocycles. The molecular formula is C16H14N4O2. The van der Waals surface area contributed by atoms with Crippen molar-refractivity contribution in [1.29, 1.82) is 0 Å². The van der Waals surface area contributed by atoms with Crippen LogP contribution in [0.1, 0.15) is 21.8 Å². The third-order valence-corrected chi connectivity index (χ3v) is 3.20. The first kappa shape index (κ1) is 13.9. The summed E-state index contributed by atoms with van der Waals surface area (Å²) in [4.78, 5) is 20.1. The Morgan fingerprint density at radius 2 is 1.95 bits per heavy atom. The molecule has 3 rings (SSSR count). The van der Waals surface area contributed by atoms with E-state index >= 15 is 0 Å². The minimum absolute atomic E-state index is 0.181. The van der Waals surface area contributed by atoms with Crippen LogP contribution >= 0.6 is 0 Å². The van der Waals surface area contributed by atoms with E-state index in [0.717, 1.165) is 11.1 Å². The third kappa shape index (κ3) is 3.01. The van der Waals surface area contributed by atoms with Gasteiger partial charge in [0.15, 0.2) is 0 Å². The standard InChI is InChI=1S/C16H14N4O2/c1-11-4-2-3-5-13(11)15-19-14(22-20-15)10-18-16(21)12-6-8-17-9-7-12/h2-9H,10H2,1H3,(H,18,21). The number of nitrogens with one attached hydrogen (secondary N) is 1. The summed E-state index contributed by atoms with van der Waals surface area (Å²) in [5.74, 6) is 0.671. The molecule has 1 N–H and O–H groups in total. The number of hydrogen-bond acceptors (Lipinski definition) is 5. The zero-order chi connectivity index (χ0) is 15.4. The van der Waals surface area contributed by atoms with E-state index in [-0.39, 0.29) is 12.5 Å². The highest BCUT2D eigenvalue weighted by Crippen LogP contribution is 2.19. The second kappa shape index (κ2) is 6.17. The average Bonchev–Trinajstić information content (AvgIpc) is 3.02. The molecule has 2 aromatic heterocycles. The van der Waals surface area contributed by atoms with Crippen LogP contribution in [0.15, 0.2) is 53.3 Å². The van der Waals surface area contributed by atoms with Crippen LogP contribution in [0.25, 0.3) is 11.4 Å². The van der Waals surface area contributed by atoms with Gasteiger partial charge in [-0.15, -0.1) is 0 Å². The molecule has 2 heterocycles. The maximum absolute atomic E-state index is 11.9. The summed E-state index contributed by atoms with van der Waals surface area (Å²) in [6.07, 6.45) is 3.13. The molecule has 6 heteroatoms. The second-order valence-corrected chi connectivity index (χ2v) is 4.75. The molecule has 0 unspecified atom stereocenters. The Kier molecular flexibility index (Phi) is 3.91. The molecule has 0 aliphatic carbocycles. The Balaban J connectivity index is 1.68. The minimum Gasteiger partial charge on any atom is -0.343 e. The van der Waals surface area contributed by atoms with Crippen molar-refractivity contribution >= 4 is 5.91 Å². The van der Waals surface area contributed by atoms with Gasteiger partial charge in [0.05, 0.1) is 6.54 Å². The molecule has 6 nitrogen and oxygen atoms in total. The van der Waals surface area contributed by atoms with Gasteiger partial charge >= 0.3 is 0 Å². The number of hydrogen-bond donors (Lipinski definition) is 1. The van der Waals surface area contributed by atoms with Crippen molar-refractivity contribution in [3.05, 3.63) is 65.8 Å². The van der Waals surface area contributed by atoms with E-state index in [2.05, 4.69) is 20.4 Å². The molecule has 0 saturated carbocycles. The molecular weight excluding hydrogens is 280 g/mol. The van der Waals surface area contributed by atoms with Crippen molar-refractivity contribution in [2.45, 2.75) is 13.5 Å². The summed E-state index contributed by atoms with van der Waals surface area (Å²) in [7, 11) is 0. The van der Waals surface area contributed by atoms with Crippen LogP contribution in [-0.2, 0) is 6.54 Å². The van der Waals surface area contributed by atoms with E-state index in [1.807, 2.05) is 31.2 Å². The Labute approximate surface area is 127 Å². The van der Waals surface area contributed by atoms with Crippen LogP contribution in [0.5, 0.6) is 0 Å². The molecule has 0 aliphatic rings. The molecule has 0 atom stereocenters. The molecule has 110 valence electrons. The van der Waals surface area contributed by atoms with Crippen molar-refractivity contribution in [3.63, 3.8) is 0 Å². The molecule has 0 spiro atoms. The van der Waals surface area contributed by atoms with Crippen LogP contribution in [0.4, 0.5) is 0 Å². The first-order valence-corrected chi connectivity index (χ1v) is 6.81. The number of rotatable bonds is 4. The van der Waals surface area contributed by atoms with Gasteiger partial charge in [0.1, 0.15) is 0 Å². The topological polar surface area (TPSA) is 80.9 Å². The lowest BCUT2D eigenvalue weighted by molar-refractivity contribution is 0.0946. The zero-order valence-electron chi connectivity index (χ0n) is 12.0. The summed E-state index contributed by atoms with van der Waals surface area (Å²) in [5.41, 5.74) is 2.52. The first-order valence-electron chi connectivity index (χ1n) is 6.81. The normalized spacial score (nSPS) is 10.4. The van der Waals surface area contributed by atoms with Crippen molar-refractivity contribution in [1.82, 2.24) is 20.4 Å². The molecule has 3 aromatic rings. The smallest absolute Gasteiger partial charge is 0.251 e. The molecule has 1 aromatic carbocycles.